The molecule has 0 aromatic carbocycles. The Bertz CT molecular complexity index is 532. The van der Waals surface area contributed by atoms with E-state index in [9.17, 15) is 14.4 Å². The number of aromatic amines is 1. The minimum Gasteiger partial charge on any atom is -0.469 e. The molecule has 1 unspecified atom stereocenters. The molecule has 0 radical (unpaired) electrons. The van der Waals surface area contributed by atoms with Crippen molar-refractivity contribution in [3.8, 4) is 0 Å². The molecule has 1 amide bonds. The van der Waals surface area contributed by atoms with Gasteiger partial charge in [0.05, 0.1) is 19.1 Å². The lowest BCUT2D eigenvalue weighted by molar-refractivity contribution is -0.142. The zero-order valence-corrected chi connectivity index (χ0v) is 11.4. The second-order valence-electron chi connectivity index (χ2n) is 4.87. The summed E-state index contributed by atoms with van der Waals surface area (Å²) in [5.74, 6) is -0.467. The minimum absolute atomic E-state index is 0.129. The van der Waals surface area contributed by atoms with Gasteiger partial charge < -0.3 is 14.6 Å². The molecular weight excluding hydrogens is 260 g/mol. The molecule has 2 rings (SSSR count). The number of rotatable bonds is 3. The third kappa shape index (κ3) is 3.26. The van der Waals surface area contributed by atoms with Gasteiger partial charge in [0.25, 0.3) is 5.91 Å². The Labute approximate surface area is 116 Å². The van der Waals surface area contributed by atoms with Gasteiger partial charge in [-0.3, -0.25) is 14.4 Å². The number of carbonyl (C=O) groups excluding carboxylic acids is 2. The molecule has 0 spiro atoms. The third-order valence-corrected chi connectivity index (χ3v) is 3.55. The van der Waals surface area contributed by atoms with Gasteiger partial charge >= 0.3 is 5.97 Å². The monoisotopic (exact) mass is 278 g/mol. The Morgan fingerprint density at radius 1 is 1.40 bits per heavy atom. The second-order valence-corrected chi connectivity index (χ2v) is 4.87. The molecule has 108 valence electrons. The Balaban J connectivity index is 2.14. The predicted molar refractivity (Wildman–Crippen MR) is 72.4 cm³/mol. The number of hydrogen-bond acceptors (Lipinski definition) is 4. The summed E-state index contributed by atoms with van der Waals surface area (Å²) in [4.78, 5) is 39.1. The van der Waals surface area contributed by atoms with Crippen LogP contribution in [0.5, 0.6) is 0 Å². The summed E-state index contributed by atoms with van der Waals surface area (Å²) in [6.45, 7) is 0.625. The molecule has 1 atom stereocenters. The van der Waals surface area contributed by atoms with Gasteiger partial charge in [0.2, 0.25) is 5.56 Å². The number of pyridine rings is 1. The highest BCUT2D eigenvalue weighted by Crippen LogP contribution is 2.22. The first kappa shape index (κ1) is 14.3. The number of piperidine rings is 1. The average molecular weight is 278 g/mol. The molecule has 6 nitrogen and oxygen atoms in total. The number of nitrogens with zero attached hydrogens (tertiary/aromatic N) is 1. The summed E-state index contributed by atoms with van der Waals surface area (Å²) in [5.41, 5.74) is 0.188. The van der Waals surface area contributed by atoms with Gasteiger partial charge in [-0.1, -0.05) is 0 Å². The molecule has 6 heteroatoms. The van der Waals surface area contributed by atoms with E-state index in [2.05, 4.69) is 9.72 Å². The number of H-pyrrole nitrogens is 1. The molecule has 1 aliphatic rings. The maximum atomic E-state index is 12.4. The van der Waals surface area contributed by atoms with Crippen molar-refractivity contribution in [3.63, 3.8) is 0 Å². The van der Waals surface area contributed by atoms with Crippen molar-refractivity contribution in [2.45, 2.75) is 31.7 Å². The standard InChI is InChI=1S/C14H18N2O4/c1-20-13(18)8-11-4-2-3-7-16(11)14(19)10-5-6-12(17)15-9-10/h5-6,9,11H,2-4,7-8H2,1H3,(H,15,17). The van der Waals surface area contributed by atoms with Crippen molar-refractivity contribution >= 4 is 11.9 Å². The van der Waals surface area contributed by atoms with E-state index in [0.717, 1.165) is 19.3 Å². The lowest BCUT2D eigenvalue weighted by Gasteiger charge is -2.35. The summed E-state index contributed by atoms with van der Waals surface area (Å²) in [7, 11) is 1.35. The summed E-state index contributed by atoms with van der Waals surface area (Å²) in [6.07, 6.45) is 4.34. The van der Waals surface area contributed by atoms with Crippen LogP contribution in [0.3, 0.4) is 0 Å². The first-order valence-electron chi connectivity index (χ1n) is 6.68. The molecule has 1 aromatic rings. The van der Waals surface area contributed by atoms with E-state index in [1.54, 1.807) is 4.90 Å². The second kappa shape index (κ2) is 6.36. The van der Waals surface area contributed by atoms with Crippen molar-refractivity contribution in [3.05, 3.63) is 34.2 Å². The topological polar surface area (TPSA) is 79.5 Å². The number of hydrogen-bond donors (Lipinski definition) is 1. The summed E-state index contributed by atoms with van der Waals surface area (Å²) >= 11 is 0. The molecule has 0 saturated carbocycles. The third-order valence-electron chi connectivity index (χ3n) is 3.55. The molecule has 1 N–H and O–H groups in total. The first-order valence-corrected chi connectivity index (χ1v) is 6.68. The van der Waals surface area contributed by atoms with Crippen molar-refractivity contribution in [2.24, 2.45) is 0 Å². The number of esters is 1. The molecule has 20 heavy (non-hydrogen) atoms. The van der Waals surface area contributed by atoms with E-state index in [-0.39, 0.29) is 29.9 Å². The fourth-order valence-electron chi connectivity index (χ4n) is 2.47. The average Bonchev–Trinajstić information content (AvgIpc) is 2.48. The van der Waals surface area contributed by atoms with Gasteiger partial charge in [-0.2, -0.15) is 0 Å². The van der Waals surface area contributed by atoms with E-state index in [1.807, 2.05) is 0 Å². The lowest BCUT2D eigenvalue weighted by atomic mass is 9.98. The fourth-order valence-corrected chi connectivity index (χ4v) is 2.47. The van der Waals surface area contributed by atoms with Crippen molar-refractivity contribution in [2.75, 3.05) is 13.7 Å². The summed E-state index contributed by atoms with van der Waals surface area (Å²) in [5, 5.41) is 0. The van der Waals surface area contributed by atoms with Gasteiger partial charge in [0.15, 0.2) is 0 Å². The van der Waals surface area contributed by atoms with Crippen molar-refractivity contribution < 1.29 is 14.3 Å². The van der Waals surface area contributed by atoms with Crippen LogP contribution in [0, 0.1) is 0 Å². The highest BCUT2D eigenvalue weighted by molar-refractivity contribution is 5.94. The van der Waals surface area contributed by atoms with Crippen LogP contribution >= 0.6 is 0 Å². The van der Waals surface area contributed by atoms with Crippen LogP contribution in [0.15, 0.2) is 23.1 Å². The Morgan fingerprint density at radius 3 is 2.85 bits per heavy atom. The predicted octanol–water partition coefficient (Wildman–Crippen LogP) is 0.933. The zero-order valence-electron chi connectivity index (χ0n) is 11.4. The number of carbonyl (C=O) groups is 2. The number of aromatic nitrogens is 1. The number of likely N-dealkylation sites (tertiary alicyclic amines) is 1. The van der Waals surface area contributed by atoms with E-state index >= 15 is 0 Å². The normalized spacial score (nSPS) is 18.6. The Hall–Kier alpha value is -2.11. The van der Waals surface area contributed by atoms with Gasteiger partial charge in [0.1, 0.15) is 0 Å². The Kier molecular flexibility index (Phi) is 4.55. The maximum Gasteiger partial charge on any atom is 0.307 e. The summed E-state index contributed by atoms with van der Waals surface area (Å²) in [6, 6.07) is 2.70. The van der Waals surface area contributed by atoms with Crippen LogP contribution in [0.25, 0.3) is 0 Å². The molecule has 1 aliphatic heterocycles. The zero-order chi connectivity index (χ0) is 14.5. The number of methoxy groups -OCH3 is 1. The highest BCUT2D eigenvalue weighted by Gasteiger charge is 2.29. The first-order chi connectivity index (χ1) is 9.61. The number of ether oxygens (including phenoxy) is 1. The van der Waals surface area contributed by atoms with Gasteiger partial charge in [-0.15, -0.1) is 0 Å². The van der Waals surface area contributed by atoms with Crippen LogP contribution in [-0.4, -0.2) is 41.5 Å². The van der Waals surface area contributed by atoms with Gasteiger partial charge in [-0.25, -0.2) is 0 Å². The highest BCUT2D eigenvalue weighted by atomic mass is 16.5. The van der Waals surface area contributed by atoms with E-state index in [4.69, 9.17) is 0 Å². The largest absolute Gasteiger partial charge is 0.469 e. The molecule has 2 heterocycles. The Morgan fingerprint density at radius 2 is 2.20 bits per heavy atom. The minimum atomic E-state index is -0.309. The van der Waals surface area contributed by atoms with E-state index < -0.39 is 0 Å². The van der Waals surface area contributed by atoms with E-state index in [1.165, 1.54) is 25.4 Å². The quantitative estimate of drug-likeness (QED) is 0.834. The van der Waals surface area contributed by atoms with Gasteiger partial charge in [-0.05, 0) is 25.3 Å². The molecule has 1 aromatic heterocycles. The van der Waals surface area contributed by atoms with Crippen LogP contribution < -0.4 is 5.56 Å². The van der Waals surface area contributed by atoms with Crippen LogP contribution in [0.1, 0.15) is 36.0 Å². The van der Waals surface area contributed by atoms with Crippen molar-refractivity contribution in [1.82, 2.24) is 9.88 Å². The lowest BCUT2D eigenvalue weighted by Crippen LogP contribution is -2.45. The van der Waals surface area contributed by atoms with Crippen LogP contribution in [0.4, 0.5) is 0 Å². The molecular formula is C14H18N2O4. The fraction of sp³-hybridized carbons (Fsp3) is 0.500. The number of amides is 1. The maximum absolute atomic E-state index is 12.4. The van der Waals surface area contributed by atoms with Crippen LogP contribution in [-0.2, 0) is 9.53 Å². The molecule has 1 fully saturated rings. The molecule has 0 aliphatic carbocycles. The van der Waals surface area contributed by atoms with Crippen LogP contribution in [0.2, 0.25) is 0 Å². The molecule has 0 bridgehead atoms. The SMILES string of the molecule is COC(=O)CC1CCCCN1C(=O)c1ccc(=O)[nH]c1. The van der Waals surface area contributed by atoms with E-state index in [0.29, 0.717) is 12.1 Å². The van der Waals surface area contributed by atoms with Gasteiger partial charge in [0, 0.05) is 24.8 Å². The summed E-state index contributed by atoms with van der Waals surface area (Å²) < 4.78 is 4.68. The molecule has 1 saturated heterocycles. The number of nitrogens with one attached hydrogen (secondary N) is 1. The smallest absolute Gasteiger partial charge is 0.307 e. The van der Waals surface area contributed by atoms with Crippen molar-refractivity contribution in [1.29, 1.82) is 0 Å².